The first-order chi connectivity index (χ1) is 9.15. The molecule has 1 aromatic rings. The minimum atomic E-state index is -0.227. The van der Waals surface area contributed by atoms with Crippen LogP contribution >= 0.6 is 24.2 Å². The monoisotopic (exact) mass is 318 g/mol. The molecule has 1 unspecified atom stereocenters. The maximum Gasteiger partial charge on any atom is 0.223 e. The van der Waals surface area contributed by atoms with Crippen molar-refractivity contribution in [2.24, 2.45) is 0 Å². The number of nitrogens with one attached hydrogen (secondary N) is 1. The summed E-state index contributed by atoms with van der Waals surface area (Å²) >= 11 is 1.59. The van der Waals surface area contributed by atoms with E-state index in [2.05, 4.69) is 12.2 Å². The molecule has 20 heavy (non-hydrogen) atoms. The highest BCUT2D eigenvalue weighted by Gasteiger charge is 2.19. The van der Waals surface area contributed by atoms with Crippen LogP contribution in [-0.2, 0) is 4.79 Å². The van der Waals surface area contributed by atoms with Crippen molar-refractivity contribution in [3.05, 3.63) is 30.1 Å². The maximum absolute atomic E-state index is 12.7. The summed E-state index contributed by atoms with van der Waals surface area (Å²) in [4.78, 5) is 14.9. The van der Waals surface area contributed by atoms with Gasteiger partial charge in [-0.3, -0.25) is 4.79 Å². The van der Waals surface area contributed by atoms with Crippen LogP contribution in [0.4, 0.5) is 4.39 Å². The van der Waals surface area contributed by atoms with Gasteiger partial charge in [-0.05, 0) is 31.2 Å². The van der Waals surface area contributed by atoms with Crippen molar-refractivity contribution in [3.63, 3.8) is 0 Å². The molecular weight excluding hydrogens is 299 g/mol. The number of nitrogens with zero attached hydrogens (tertiary/aromatic N) is 1. The summed E-state index contributed by atoms with van der Waals surface area (Å²) in [6.45, 7) is 4.55. The van der Waals surface area contributed by atoms with Crippen LogP contribution in [0.2, 0.25) is 0 Å². The molecule has 1 aliphatic rings. The first-order valence-electron chi connectivity index (χ1n) is 6.54. The van der Waals surface area contributed by atoms with Gasteiger partial charge in [-0.1, -0.05) is 0 Å². The van der Waals surface area contributed by atoms with Crippen molar-refractivity contribution in [3.8, 4) is 0 Å². The quantitative estimate of drug-likeness (QED) is 0.866. The molecule has 3 nitrogen and oxygen atoms in total. The molecule has 1 atom stereocenters. The number of halogens is 2. The lowest BCUT2D eigenvalue weighted by Gasteiger charge is -2.31. The topological polar surface area (TPSA) is 32.3 Å². The third-order valence-electron chi connectivity index (χ3n) is 3.12. The van der Waals surface area contributed by atoms with Crippen LogP contribution in [0.1, 0.15) is 13.3 Å². The van der Waals surface area contributed by atoms with Crippen molar-refractivity contribution >= 4 is 30.1 Å². The predicted octanol–water partition coefficient (Wildman–Crippen LogP) is 2.55. The van der Waals surface area contributed by atoms with E-state index in [1.807, 2.05) is 4.90 Å². The number of hydrogen-bond donors (Lipinski definition) is 1. The largest absolute Gasteiger partial charge is 0.340 e. The number of thioether (sulfide) groups is 1. The van der Waals surface area contributed by atoms with Gasteiger partial charge in [0.2, 0.25) is 5.91 Å². The van der Waals surface area contributed by atoms with Crippen molar-refractivity contribution in [1.29, 1.82) is 0 Å². The SMILES string of the molecule is CC1CN(C(=O)CCSc2ccc(F)cc2)CCN1.Cl. The van der Waals surface area contributed by atoms with Crippen LogP contribution in [0, 0.1) is 5.82 Å². The van der Waals surface area contributed by atoms with E-state index in [1.54, 1.807) is 23.9 Å². The minimum Gasteiger partial charge on any atom is -0.340 e. The third kappa shape index (κ3) is 5.31. The Hall–Kier alpha value is -0.780. The Morgan fingerprint density at radius 3 is 2.80 bits per heavy atom. The number of benzene rings is 1. The van der Waals surface area contributed by atoms with Crippen LogP contribution in [-0.4, -0.2) is 42.2 Å². The van der Waals surface area contributed by atoms with E-state index in [0.717, 1.165) is 30.3 Å². The summed E-state index contributed by atoms with van der Waals surface area (Å²) in [7, 11) is 0. The van der Waals surface area contributed by atoms with Gasteiger partial charge in [0.05, 0.1) is 0 Å². The fourth-order valence-corrected chi connectivity index (χ4v) is 2.94. The molecule has 1 N–H and O–H groups in total. The standard InChI is InChI=1S/C14H19FN2OS.ClH/c1-11-10-17(8-7-16-11)14(18)6-9-19-13-4-2-12(15)3-5-13;/h2-5,11,16H,6-10H2,1H3;1H. The zero-order valence-corrected chi connectivity index (χ0v) is 13.1. The summed E-state index contributed by atoms with van der Waals surface area (Å²) in [6.07, 6.45) is 0.536. The molecule has 2 rings (SSSR count). The van der Waals surface area contributed by atoms with Gasteiger partial charge in [0.25, 0.3) is 0 Å². The van der Waals surface area contributed by atoms with Gasteiger partial charge in [-0.25, -0.2) is 4.39 Å². The zero-order chi connectivity index (χ0) is 13.7. The molecule has 0 radical (unpaired) electrons. The van der Waals surface area contributed by atoms with Crippen LogP contribution in [0.25, 0.3) is 0 Å². The lowest BCUT2D eigenvalue weighted by molar-refractivity contribution is -0.131. The van der Waals surface area contributed by atoms with Crippen LogP contribution in [0.15, 0.2) is 29.2 Å². The van der Waals surface area contributed by atoms with Crippen molar-refractivity contribution in [1.82, 2.24) is 10.2 Å². The first kappa shape index (κ1) is 17.3. The molecule has 1 fully saturated rings. The first-order valence-corrected chi connectivity index (χ1v) is 7.53. The normalized spacial score (nSPS) is 18.5. The molecule has 1 aromatic carbocycles. The van der Waals surface area contributed by atoms with E-state index < -0.39 is 0 Å². The molecule has 0 saturated carbocycles. The lowest BCUT2D eigenvalue weighted by Crippen LogP contribution is -2.51. The molecule has 0 aliphatic carbocycles. The van der Waals surface area contributed by atoms with Crippen LogP contribution < -0.4 is 5.32 Å². The number of amides is 1. The van der Waals surface area contributed by atoms with Crippen LogP contribution in [0.5, 0.6) is 0 Å². The zero-order valence-electron chi connectivity index (χ0n) is 11.5. The summed E-state index contributed by atoms with van der Waals surface area (Å²) in [5.41, 5.74) is 0. The Kier molecular flexibility index (Phi) is 7.34. The fourth-order valence-electron chi connectivity index (χ4n) is 2.10. The lowest BCUT2D eigenvalue weighted by atomic mass is 10.2. The number of hydrogen-bond acceptors (Lipinski definition) is 3. The molecule has 0 aromatic heterocycles. The molecular formula is C14H20ClFN2OS. The summed E-state index contributed by atoms with van der Waals surface area (Å²) in [6, 6.07) is 6.77. The van der Waals surface area contributed by atoms with E-state index >= 15 is 0 Å². The minimum absolute atomic E-state index is 0. The van der Waals surface area contributed by atoms with E-state index in [4.69, 9.17) is 0 Å². The summed E-state index contributed by atoms with van der Waals surface area (Å²) in [5.74, 6) is 0.723. The van der Waals surface area contributed by atoms with Gasteiger partial charge >= 0.3 is 0 Å². The molecule has 1 aliphatic heterocycles. The van der Waals surface area contributed by atoms with E-state index in [0.29, 0.717) is 12.5 Å². The summed E-state index contributed by atoms with van der Waals surface area (Å²) < 4.78 is 12.7. The maximum atomic E-state index is 12.7. The average Bonchev–Trinajstić information content (AvgIpc) is 2.41. The van der Waals surface area contributed by atoms with E-state index in [1.165, 1.54) is 12.1 Å². The molecule has 1 amide bonds. The Morgan fingerprint density at radius 2 is 2.15 bits per heavy atom. The smallest absolute Gasteiger partial charge is 0.223 e. The van der Waals surface area contributed by atoms with Crippen molar-refractivity contribution < 1.29 is 9.18 Å². The second-order valence-corrected chi connectivity index (χ2v) is 5.92. The van der Waals surface area contributed by atoms with Gasteiger partial charge < -0.3 is 10.2 Å². The second kappa shape index (κ2) is 8.49. The molecule has 6 heteroatoms. The molecule has 112 valence electrons. The Labute approximate surface area is 129 Å². The highest BCUT2D eigenvalue weighted by Crippen LogP contribution is 2.19. The second-order valence-electron chi connectivity index (χ2n) is 4.75. The van der Waals surface area contributed by atoms with E-state index in [-0.39, 0.29) is 24.1 Å². The third-order valence-corrected chi connectivity index (χ3v) is 4.13. The highest BCUT2D eigenvalue weighted by atomic mass is 35.5. The number of carbonyl (C=O) groups is 1. The number of carbonyl (C=O) groups excluding carboxylic acids is 1. The fraction of sp³-hybridized carbons (Fsp3) is 0.500. The summed E-state index contributed by atoms with van der Waals surface area (Å²) in [5, 5.41) is 3.32. The Bertz CT molecular complexity index is 430. The van der Waals surface area contributed by atoms with E-state index in [9.17, 15) is 9.18 Å². The van der Waals surface area contributed by atoms with Gasteiger partial charge in [0.1, 0.15) is 5.82 Å². The molecule has 0 spiro atoms. The highest BCUT2D eigenvalue weighted by molar-refractivity contribution is 7.99. The van der Waals surface area contributed by atoms with Gasteiger partial charge in [-0.2, -0.15) is 0 Å². The number of rotatable bonds is 4. The Morgan fingerprint density at radius 1 is 1.45 bits per heavy atom. The molecule has 0 bridgehead atoms. The van der Waals surface area contributed by atoms with Gasteiger partial charge in [-0.15, -0.1) is 24.2 Å². The Balaban J connectivity index is 0.00000200. The predicted molar refractivity (Wildman–Crippen MR) is 83.0 cm³/mol. The van der Waals surface area contributed by atoms with Gasteiger partial charge in [0, 0.05) is 42.7 Å². The molecule has 1 saturated heterocycles. The van der Waals surface area contributed by atoms with Crippen molar-refractivity contribution in [2.45, 2.75) is 24.3 Å². The molecule has 1 heterocycles. The van der Waals surface area contributed by atoms with Gasteiger partial charge in [0.15, 0.2) is 0 Å². The number of piperazine rings is 1. The van der Waals surface area contributed by atoms with Crippen molar-refractivity contribution in [2.75, 3.05) is 25.4 Å². The van der Waals surface area contributed by atoms with Crippen LogP contribution in [0.3, 0.4) is 0 Å². The average molecular weight is 319 g/mol.